The van der Waals surface area contributed by atoms with Gasteiger partial charge in [0.25, 0.3) is 0 Å². The molecule has 4 heteroatoms. The molecule has 1 aromatic rings. The zero-order chi connectivity index (χ0) is 11.7. The Balaban J connectivity index is 1.71. The Morgan fingerprint density at radius 1 is 1.24 bits per heavy atom. The lowest BCUT2D eigenvalue weighted by molar-refractivity contribution is 0.247. The second kappa shape index (κ2) is 4.34. The fourth-order valence-electron chi connectivity index (χ4n) is 2.47. The minimum absolute atomic E-state index is 0.687. The molecular formula is C13H16N4. The van der Waals surface area contributed by atoms with Gasteiger partial charge in [0.15, 0.2) is 0 Å². The summed E-state index contributed by atoms with van der Waals surface area (Å²) in [6.45, 7) is 4.18. The number of hydrogen-bond donors (Lipinski definition) is 0. The zero-order valence-corrected chi connectivity index (χ0v) is 9.84. The largest absolute Gasteiger partial charge is 0.353 e. The van der Waals surface area contributed by atoms with Gasteiger partial charge in [-0.25, -0.2) is 4.98 Å². The van der Waals surface area contributed by atoms with Gasteiger partial charge in [0.2, 0.25) is 0 Å². The van der Waals surface area contributed by atoms with Crippen molar-refractivity contribution in [1.29, 1.82) is 5.26 Å². The molecule has 1 aliphatic carbocycles. The number of nitrogens with zero attached hydrogens (tertiary/aromatic N) is 4. The Bertz CT molecular complexity index is 439. The van der Waals surface area contributed by atoms with E-state index in [9.17, 15) is 0 Å². The van der Waals surface area contributed by atoms with E-state index in [0.717, 1.165) is 38.0 Å². The quantitative estimate of drug-likeness (QED) is 0.764. The fourth-order valence-corrected chi connectivity index (χ4v) is 2.47. The summed E-state index contributed by atoms with van der Waals surface area (Å²) in [5, 5.41) is 9.07. The van der Waals surface area contributed by atoms with E-state index >= 15 is 0 Å². The van der Waals surface area contributed by atoms with Crippen molar-refractivity contribution in [3.05, 3.63) is 23.9 Å². The molecule has 1 saturated carbocycles. The molecule has 0 spiro atoms. The van der Waals surface area contributed by atoms with E-state index in [1.807, 2.05) is 12.1 Å². The van der Waals surface area contributed by atoms with Gasteiger partial charge in [-0.3, -0.25) is 4.90 Å². The molecular weight excluding hydrogens is 212 g/mol. The third-order valence-corrected chi connectivity index (χ3v) is 3.58. The van der Waals surface area contributed by atoms with Crippen molar-refractivity contribution >= 4 is 5.82 Å². The minimum atomic E-state index is 0.687. The van der Waals surface area contributed by atoms with E-state index in [-0.39, 0.29) is 0 Å². The van der Waals surface area contributed by atoms with Crippen molar-refractivity contribution in [2.24, 2.45) is 0 Å². The first-order valence-corrected chi connectivity index (χ1v) is 6.22. The Morgan fingerprint density at radius 3 is 2.65 bits per heavy atom. The van der Waals surface area contributed by atoms with Gasteiger partial charge in [0.1, 0.15) is 11.9 Å². The summed E-state index contributed by atoms with van der Waals surface area (Å²) in [7, 11) is 0. The number of pyridine rings is 1. The molecule has 1 saturated heterocycles. The third-order valence-electron chi connectivity index (χ3n) is 3.58. The molecule has 17 heavy (non-hydrogen) atoms. The lowest BCUT2D eigenvalue weighted by Crippen LogP contribution is -2.47. The van der Waals surface area contributed by atoms with Crippen molar-refractivity contribution in [3.63, 3.8) is 0 Å². The van der Waals surface area contributed by atoms with Crippen molar-refractivity contribution in [2.45, 2.75) is 18.9 Å². The van der Waals surface area contributed by atoms with E-state index in [2.05, 4.69) is 20.9 Å². The van der Waals surface area contributed by atoms with Gasteiger partial charge in [-0.15, -0.1) is 0 Å². The number of aromatic nitrogens is 1. The second-order valence-electron chi connectivity index (χ2n) is 4.74. The van der Waals surface area contributed by atoms with Gasteiger partial charge in [0.05, 0.1) is 5.56 Å². The molecule has 2 fully saturated rings. The van der Waals surface area contributed by atoms with Crippen LogP contribution in [-0.4, -0.2) is 42.1 Å². The Hall–Kier alpha value is -1.60. The van der Waals surface area contributed by atoms with Gasteiger partial charge in [-0.2, -0.15) is 5.26 Å². The summed E-state index contributed by atoms with van der Waals surface area (Å²) in [5.41, 5.74) is 0.687. The molecule has 1 aromatic heterocycles. The Morgan fingerprint density at radius 2 is 2.00 bits per heavy atom. The first kappa shape index (κ1) is 10.5. The van der Waals surface area contributed by atoms with Gasteiger partial charge in [0, 0.05) is 38.4 Å². The maximum atomic E-state index is 9.07. The van der Waals surface area contributed by atoms with Crippen LogP contribution in [0.3, 0.4) is 0 Å². The van der Waals surface area contributed by atoms with E-state index in [1.54, 1.807) is 6.20 Å². The molecule has 0 N–H and O–H groups in total. The molecule has 2 aliphatic rings. The van der Waals surface area contributed by atoms with Crippen molar-refractivity contribution < 1.29 is 0 Å². The third kappa shape index (κ3) is 2.11. The number of piperazine rings is 1. The van der Waals surface area contributed by atoms with Crippen LogP contribution in [0.25, 0.3) is 0 Å². The SMILES string of the molecule is N#Cc1cccnc1N1CCN(C2CC2)CC1. The summed E-state index contributed by atoms with van der Waals surface area (Å²) >= 11 is 0. The molecule has 0 bridgehead atoms. The summed E-state index contributed by atoms with van der Waals surface area (Å²) in [6.07, 6.45) is 4.50. The first-order valence-electron chi connectivity index (χ1n) is 6.22. The number of anilines is 1. The van der Waals surface area contributed by atoms with Crippen LogP contribution in [0.1, 0.15) is 18.4 Å². The van der Waals surface area contributed by atoms with Crippen LogP contribution in [0, 0.1) is 11.3 Å². The molecule has 2 heterocycles. The van der Waals surface area contributed by atoms with Gasteiger partial charge < -0.3 is 4.90 Å². The van der Waals surface area contributed by atoms with Crippen LogP contribution in [0.2, 0.25) is 0 Å². The summed E-state index contributed by atoms with van der Waals surface area (Å²) in [5.74, 6) is 0.852. The molecule has 4 nitrogen and oxygen atoms in total. The molecule has 3 rings (SSSR count). The predicted molar refractivity (Wildman–Crippen MR) is 65.8 cm³/mol. The van der Waals surface area contributed by atoms with Crippen LogP contribution in [-0.2, 0) is 0 Å². The standard InChI is InChI=1S/C13H16N4/c14-10-11-2-1-5-15-13(11)17-8-6-16(7-9-17)12-3-4-12/h1-2,5,12H,3-4,6-9H2. The van der Waals surface area contributed by atoms with Gasteiger partial charge in [-0.1, -0.05) is 0 Å². The van der Waals surface area contributed by atoms with Crippen LogP contribution < -0.4 is 4.90 Å². The molecule has 1 aliphatic heterocycles. The number of hydrogen-bond acceptors (Lipinski definition) is 4. The first-order chi connectivity index (χ1) is 8.38. The summed E-state index contributed by atoms with van der Waals surface area (Å²) in [4.78, 5) is 9.14. The molecule has 0 radical (unpaired) electrons. The molecule has 88 valence electrons. The summed E-state index contributed by atoms with van der Waals surface area (Å²) in [6, 6.07) is 6.73. The van der Waals surface area contributed by atoms with E-state index < -0.39 is 0 Å². The number of nitriles is 1. The highest BCUT2D eigenvalue weighted by Crippen LogP contribution is 2.28. The predicted octanol–water partition coefficient (Wildman–Crippen LogP) is 1.24. The van der Waals surface area contributed by atoms with E-state index in [0.29, 0.717) is 5.56 Å². The van der Waals surface area contributed by atoms with Crippen LogP contribution in [0.5, 0.6) is 0 Å². The lowest BCUT2D eigenvalue weighted by Gasteiger charge is -2.35. The Kier molecular flexibility index (Phi) is 2.69. The smallest absolute Gasteiger partial charge is 0.146 e. The number of rotatable bonds is 2. The maximum Gasteiger partial charge on any atom is 0.146 e. The highest BCUT2D eigenvalue weighted by atomic mass is 15.3. The zero-order valence-electron chi connectivity index (χ0n) is 9.84. The highest BCUT2D eigenvalue weighted by molar-refractivity contribution is 5.53. The average Bonchev–Trinajstić information content (AvgIpc) is 3.23. The topological polar surface area (TPSA) is 43.2 Å². The normalized spacial score (nSPS) is 21.2. The molecule has 0 amide bonds. The molecule has 0 aromatic carbocycles. The molecule has 0 atom stereocenters. The second-order valence-corrected chi connectivity index (χ2v) is 4.74. The average molecular weight is 228 g/mol. The van der Waals surface area contributed by atoms with Crippen LogP contribution in [0.4, 0.5) is 5.82 Å². The van der Waals surface area contributed by atoms with Gasteiger partial charge in [-0.05, 0) is 25.0 Å². The molecule has 0 unspecified atom stereocenters. The lowest BCUT2D eigenvalue weighted by atomic mass is 10.2. The van der Waals surface area contributed by atoms with Crippen LogP contribution >= 0.6 is 0 Å². The van der Waals surface area contributed by atoms with Crippen LogP contribution in [0.15, 0.2) is 18.3 Å². The maximum absolute atomic E-state index is 9.07. The highest BCUT2D eigenvalue weighted by Gasteiger charge is 2.31. The van der Waals surface area contributed by atoms with E-state index in [1.165, 1.54) is 12.8 Å². The Labute approximate surface area is 101 Å². The van der Waals surface area contributed by atoms with E-state index in [4.69, 9.17) is 5.26 Å². The van der Waals surface area contributed by atoms with Crippen molar-refractivity contribution in [1.82, 2.24) is 9.88 Å². The minimum Gasteiger partial charge on any atom is -0.353 e. The monoisotopic (exact) mass is 228 g/mol. The van der Waals surface area contributed by atoms with Crippen molar-refractivity contribution in [2.75, 3.05) is 31.1 Å². The van der Waals surface area contributed by atoms with Crippen molar-refractivity contribution in [3.8, 4) is 6.07 Å². The fraction of sp³-hybridized carbons (Fsp3) is 0.538. The summed E-state index contributed by atoms with van der Waals surface area (Å²) < 4.78 is 0. The van der Waals surface area contributed by atoms with Gasteiger partial charge >= 0.3 is 0 Å².